The topological polar surface area (TPSA) is 63.6 Å². The summed E-state index contributed by atoms with van der Waals surface area (Å²) in [5, 5.41) is 8.21. The molecule has 0 aliphatic heterocycles. The molecule has 108 valence electrons. The average Bonchev–Trinajstić information content (AvgIpc) is 2.31. The van der Waals surface area contributed by atoms with Crippen LogP contribution in [0.2, 0.25) is 0 Å². The van der Waals surface area contributed by atoms with Crippen molar-refractivity contribution in [1.82, 2.24) is 0 Å². The summed E-state index contributed by atoms with van der Waals surface area (Å²) in [6.45, 7) is 6.25. The van der Waals surface area contributed by atoms with Gasteiger partial charge >= 0.3 is 11.9 Å². The Labute approximate surface area is 111 Å². The molecule has 1 N–H and O–H groups in total. The highest BCUT2D eigenvalue weighted by atomic mass is 16.5. The van der Waals surface area contributed by atoms with Crippen LogP contribution in [0.3, 0.4) is 0 Å². The van der Waals surface area contributed by atoms with E-state index in [4.69, 9.17) is 9.84 Å². The minimum Gasteiger partial charge on any atom is -0.481 e. The first-order chi connectivity index (χ1) is 8.54. The van der Waals surface area contributed by atoms with Gasteiger partial charge in [-0.2, -0.15) is 0 Å². The first-order valence-electron chi connectivity index (χ1n) is 6.89. The number of aliphatic carboxylic acids is 1. The van der Waals surface area contributed by atoms with Gasteiger partial charge in [-0.05, 0) is 12.8 Å². The lowest BCUT2D eigenvalue weighted by Crippen LogP contribution is -1.99. The molecule has 4 heteroatoms. The lowest BCUT2D eigenvalue weighted by Gasteiger charge is -1.98. The molecule has 0 aromatic carbocycles. The van der Waals surface area contributed by atoms with Crippen molar-refractivity contribution in [2.75, 3.05) is 6.61 Å². The molecular formula is C14H28O4. The van der Waals surface area contributed by atoms with Gasteiger partial charge in [-0.15, -0.1) is 0 Å². The van der Waals surface area contributed by atoms with E-state index in [1.54, 1.807) is 0 Å². The number of unbranched alkanes of at least 4 members (excludes halogenated alkanes) is 5. The van der Waals surface area contributed by atoms with Crippen LogP contribution in [0.4, 0.5) is 0 Å². The SMILES string of the molecule is CCCCCCC(=O)O.CCCCCOC(C)=O. The van der Waals surface area contributed by atoms with Crippen LogP contribution in [0.25, 0.3) is 0 Å². The fourth-order valence-corrected chi connectivity index (χ4v) is 1.27. The number of carboxylic acids is 1. The van der Waals surface area contributed by atoms with Gasteiger partial charge < -0.3 is 9.84 Å². The van der Waals surface area contributed by atoms with Crippen molar-refractivity contribution in [1.29, 1.82) is 0 Å². The Morgan fingerprint density at radius 2 is 1.50 bits per heavy atom. The predicted molar refractivity (Wildman–Crippen MR) is 72.6 cm³/mol. The van der Waals surface area contributed by atoms with Gasteiger partial charge in [0.2, 0.25) is 0 Å². The summed E-state index contributed by atoms with van der Waals surface area (Å²) in [5.74, 6) is -0.850. The maximum atomic E-state index is 10.2. The maximum absolute atomic E-state index is 10.2. The molecule has 4 nitrogen and oxygen atoms in total. The Balaban J connectivity index is 0. The molecule has 0 aromatic heterocycles. The van der Waals surface area contributed by atoms with Crippen LogP contribution in [0.15, 0.2) is 0 Å². The Kier molecular flexibility index (Phi) is 17.1. The Bertz CT molecular complexity index is 180. The summed E-state index contributed by atoms with van der Waals surface area (Å²) >= 11 is 0. The van der Waals surface area contributed by atoms with Crippen LogP contribution < -0.4 is 0 Å². The van der Waals surface area contributed by atoms with Gasteiger partial charge in [0.1, 0.15) is 0 Å². The summed E-state index contributed by atoms with van der Waals surface area (Å²) < 4.78 is 4.70. The number of carboxylic acid groups (broad SMARTS) is 1. The van der Waals surface area contributed by atoms with E-state index in [9.17, 15) is 9.59 Å². The third kappa shape index (κ3) is 24.3. The predicted octanol–water partition coefficient (Wildman–Crippen LogP) is 3.78. The first-order valence-corrected chi connectivity index (χ1v) is 6.89. The number of carbonyl (C=O) groups is 2. The second kappa shape index (κ2) is 15.9. The molecule has 0 unspecified atom stereocenters. The molecule has 0 rings (SSSR count). The molecule has 18 heavy (non-hydrogen) atoms. The van der Waals surface area contributed by atoms with Crippen molar-refractivity contribution in [3.05, 3.63) is 0 Å². The monoisotopic (exact) mass is 260 g/mol. The number of hydrogen-bond donors (Lipinski definition) is 1. The first kappa shape index (κ1) is 19.3. The van der Waals surface area contributed by atoms with Gasteiger partial charge in [0, 0.05) is 13.3 Å². The number of rotatable bonds is 9. The van der Waals surface area contributed by atoms with Crippen LogP contribution in [-0.4, -0.2) is 23.7 Å². The molecular weight excluding hydrogens is 232 g/mol. The highest BCUT2D eigenvalue weighted by Crippen LogP contribution is 2.01. The number of ether oxygens (including phenoxy) is 1. The van der Waals surface area contributed by atoms with Gasteiger partial charge in [-0.25, -0.2) is 0 Å². The second-order valence-corrected chi connectivity index (χ2v) is 4.25. The summed E-state index contributed by atoms with van der Waals surface area (Å²) in [7, 11) is 0. The molecule has 0 saturated heterocycles. The molecule has 0 aliphatic rings. The third-order valence-corrected chi connectivity index (χ3v) is 2.30. The molecule has 0 spiro atoms. The van der Waals surface area contributed by atoms with Gasteiger partial charge in [0.15, 0.2) is 0 Å². The zero-order valence-corrected chi connectivity index (χ0v) is 12.0. The van der Waals surface area contributed by atoms with Crippen LogP contribution in [0.1, 0.15) is 72.1 Å². The number of hydrogen-bond acceptors (Lipinski definition) is 3. The maximum Gasteiger partial charge on any atom is 0.303 e. The smallest absolute Gasteiger partial charge is 0.303 e. The highest BCUT2D eigenvalue weighted by Gasteiger charge is 1.94. The van der Waals surface area contributed by atoms with Crippen molar-refractivity contribution in [2.45, 2.75) is 72.1 Å². The molecule has 0 fully saturated rings. The van der Waals surface area contributed by atoms with E-state index in [1.807, 2.05) is 0 Å². The minimum atomic E-state index is -0.675. The van der Waals surface area contributed by atoms with Crippen LogP contribution in [0.5, 0.6) is 0 Å². The molecule has 0 saturated carbocycles. The zero-order valence-electron chi connectivity index (χ0n) is 12.0. The number of esters is 1. The quantitative estimate of drug-likeness (QED) is 0.506. The highest BCUT2D eigenvalue weighted by molar-refractivity contribution is 5.66. The number of carbonyl (C=O) groups excluding carboxylic acids is 1. The molecule has 0 aliphatic carbocycles. The normalized spacial score (nSPS) is 9.28. The lowest BCUT2D eigenvalue weighted by molar-refractivity contribution is -0.141. The van der Waals surface area contributed by atoms with Crippen molar-refractivity contribution in [3.8, 4) is 0 Å². The Hall–Kier alpha value is -1.06. The van der Waals surface area contributed by atoms with Gasteiger partial charge in [-0.3, -0.25) is 9.59 Å². The van der Waals surface area contributed by atoms with E-state index in [0.29, 0.717) is 13.0 Å². The van der Waals surface area contributed by atoms with Crippen molar-refractivity contribution >= 4 is 11.9 Å². The van der Waals surface area contributed by atoms with Crippen molar-refractivity contribution in [2.24, 2.45) is 0 Å². The second-order valence-electron chi connectivity index (χ2n) is 4.25. The van der Waals surface area contributed by atoms with E-state index >= 15 is 0 Å². The standard InChI is InChI=1S/2C7H14O2/c1-3-4-5-6-9-7(2)8;1-2-3-4-5-6-7(8)9/h3-6H2,1-2H3;2-6H2,1H3,(H,8,9). The zero-order chi connectivity index (χ0) is 14.2. The van der Waals surface area contributed by atoms with Crippen molar-refractivity contribution < 1.29 is 19.4 Å². The van der Waals surface area contributed by atoms with Crippen LogP contribution in [0, 0.1) is 0 Å². The molecule has 0 heterocycles. The Morgan fingerprint density at radius 1 is 0.944 bits per heavy atom. The van der Waals surface area contributed by atoms with E-state index in [0.717, 1.165) is 32.1 Å². The third-order valence-electron chi connectivity index (χ3n) is 2.30. The summed E-state index contributed by atoms with van der Waals surface area (Å²) in [5.41, 5.74) is 0. The lowest BCUT2D eigenvalue weighted by atomic mass is 10.2. The summed E-state index contributed by atoms with van der Waals surface area (Å²) in [4.78, 5) is 20.1. The van der Waals surface area contributed by atoms with Gasteiger partial charge in [-0.1, -0.05) is 46.0 Å². The molecule has 0 aromatic rings. The summed E-state index contributed by atoms with van der Waals surface area (Å²) in [6.07, 6.45) is 7.86. The average molecular weight is 260 g/mol. The molecule has 0 atom stereocenters. The molecule has 0 radical (unpaired) electrons. The van der Waals surface area contributed by atoms with E-state index < -0.39 is 5.97 Å². The summed E-state index contributed by atoms with van der Waals surface area (Å²) in [6, 6.07) is 0. The fraction of sp³-hybridized carbons (Fsp3) is 0.857. The van der Waals surface area contributed by atoms with Gasteiger partial charge in [0.25, 0.3) is 0 Å². The van der Waals surface area contributed by atoms with Gasteiger partial charge in [0.05, 0.1) is 6.61 Å². The largest absolute Gasteiger partial charge is 0.481 e. The molecule has 0 bridgehead atoms. The van der Waals surface area contributed by atoms with Crippen LogP contribution in [-0.2, 0) is 14.3 Å². The Morgan fingerprint density at radius 3 is 1.94 bits per heavy atom. The van der Waals surface area contributed by atoms with E-state index in [-0.39, 0.29) is 5.97 Å². The van der Waals surface area contributed by atoms with E-state index in [2.05, 4.69) is 13.8 Å². The van der Waals surface area contributed by atoms with E-state index in [1.165, 1.54) is 19.8 Å². The fourth-order valence-electron chi connectivity index (χ4n) is 1.27. The molecule has 0 amide bonds. The van der Waals surface area contributed by atoms with Crippen LogP contribution >= 0.6 is 0 Å². The van der Waals surface area contributed by atoms with Crippen molar-refractivity contribution in [3.63, 3.8) is 0 Å². The minimum absolute atomic E-state index is 0.175.